The molecule has 3 rings (SSSR count). The molecule has 1 aromatic carbocycles. The maximum atomic E-state index is 12.9. The number of hydrogen-bond donors (Lipinski definition) is 1. The topological polar surface area (TPSA) is 46.3 Å². The molecule has 0 spiro atoms. The maximum Gasteiger partial charge on any atom is 0.240 e. The summed E-state index contributed by atoms with van der Waals surface area (Å²) in [5, 5.41) is 0.00167. The molecule has 122 valence electrons. The third-order valence-electron chi connectivity index (χ3n) is 4.81. The molecule has 0 radical (unpaired) electrons. The van der Waals surface area contributed by atoms with Gasteiger partial charge in [0.25, 0.3) is 0 Å². The van der Waals surface area contributed by atoms with E-state index < -0.39 is 0 Å². The standard InChI is InChI=1S/C17H24N2OS.ClH/c1-12(18)13-6-9-19(10-7-13)17(20)16-15-5-3-2-4-14(15)8-11-21-16;/h2-5,12-13,16H,6-11,18H2,1H3;1H. The smallest absolute Gasteiger partial charge is 0.240 e. The first-order chi connectivity index (χ1) is 10.2. The van der Waals surface area contributed by atoms with Crippen LogP contribution in [-0.4, -0.2) is 35.7 Å². The molecule has 2 heterocycles. The fraction of sp³-hybridized carbons (Fsp3) is 0.588. The van der Waals surface area contributed by atoms with Crippen LogP contribution in [0.5, 0.6) is 0 Å². The third-order valence-corrected chi connectivity index (χ3v) is 6.04. The van der Waals surface area contributed by atoms with Crippen LogP contribution in [0.25, 0.3) is 0 Å². The third kappa shape index (κ3) is 3.61. The number of nitrogens with zero attached hydrogens (tertiary/aromatic N) is 1. The average molecular weight is 341 g/mol. The zero-order valence-electron chi connectivity index (χ0n) is 13.0. The molecule has 2 unspecified atom stereocenters. The van der Waals surface area contributed by atoms with Crippen molar-refractivity contribution in [2.24, 2.45) is 11.7 Å². The molecule has 2 aliphatic rings. The van der Waals surface area contributed by atoms with Gasteiger partial charge in [-0.2, -0.15) is 0 Å². The normalized spacial score (nSPS) is 23.4. The van der Waals surface area contributed by atoms with Crippen LogP contribution in [0.1, 0.15) is 36.1 Å². The van der Waals surface area contributed by atoms with E-state index in [-0.39, 0.29) is 23.7 Å². The van der Waals surface area contributed by atoms with Crippen LogP contribution < -0.4 is 5.73 Å². The summed E-state index contributed by atoms with van der Waals surface area (Å²) in [5.41, 5.74) is 8.56. The largest absolute Gasteiger partial charge is 0.341 e. The van der Waals surface area contributed by atoms with Crippen molar-refractivity contribution in [1.29, 1.82) is 0 Å². The van der Waals surface area contributed by atoms with Crippen molar-refractivity contribution < 1.29 is 4.79 Å². The summed E-state index contributed by atoms with van der Waals surface area (Å²) in [4.78, 5) is 14.9. The van der Waals surface area contributed by atoms with Crippen LogP contribution in [0.2, 0.25) is 0 Å². The number of halogens is 1. The highest BCUT2D eigenvalue weighted by Crippen LogP contribution is 2.38. The Balaban J connectivity index is 0.00000176. The number of carbonyl (C=O) groups excluding carboxylic acids is 1. The van der Waals surface area contributed by atoms with Gasteiger partial charge >= 0.3 is 0 Å². The molecule has 0 aromatic heterocycles. The Labute approximate surface area is 143 Å². The van der Waals surface area contributed by atoms with Gasteiger partial charge in [0.2, 0.25) is 5.91 Å². The first-order valence-electron chi connectivity index (χ1n) is 7.90. The minimum atomic E-state index is 0. The quantitative estimate of drug-likeness (QED) is 0.900. The van der Waals surface area contributed by atoms with Gasteiger partial charge in [-0.15, -0.1) is 24.2 Å². The van der Waals surface area contributed by atoms with Crippen molar-refractivity contribution in [1.82, 2.24) is 4.90 Å². The van der Waals surface area contributed by atoms with E-state index in [9.17, 15) is 4.79 Å². The van der Waals surface area contributed by atoms with Gasteiger partial charge in [0.15, 0.2) is 0 Å². The zero-order chi connectivity index (χ0) is 14.8. The highest BCUT2D eigenvalue weighted by molar-refractivity contribution is 8.00. The molecule has 22 heavy (non-hydrogen) atoms. The van der Waals surface area contributed by atoms with Crippen molar-refractivity contribution in [2.45, 2.75) is 37.5 Å². The van der Waals surface area contributed by atoms with Gasteiger partial charge in [-0.3, -0.25) is 4.79 Å². The molecule has 1 aromatic rings. The molecule has 0 bridgehead atoms. The number of likely N-dealkylation sites (tertiary alicyclic amines) is 1. The van der Waals surface area contributed by atoms with Crippen LogP contribution in [0, 0.1) is 5.92 Å². The van der Waals surface area contributed by atoms with E-state index in [1.165, 1.54) is 11.1 Å². The molecule has 1 fully saturated rings. The number of rotatable bonds is 2. The molecular weight excluding hydrogens is 316 g/mol. The molecule has 2 aliphatic heterocycles. The van der Waals surface area contributed by atoms with Gasteiger partial charge in [0.1, 0.15) is 5.25 Å². The van der Waals surface area contributed by atoms with Crippen molar-refractivity contribution in [2.75, 3.05) is 18.8 Å². The number of thioether (sulfide) groups is 1. The predicted molar refractivity (Wildman–Crippen MR) is 95.5 cm³/mol. The SMILES string of the molecule is CC(N)C1CCN(C(=O)C2SCCc3ccccc32)CC1.Cl. The van der Waals surface area contributed by atoms with Crippen molar-refractivity contribution in [3.05, 3.63) is 35.4 Å². The fourth-order valence-corrected chi connectivity index (χ4v) is 4.68. The second kappa shape index (κ2) is 7.71. The second-order valence-corrected chi connectivity index (χ2v) is 7.43. The van der Waals surface area contributed by atoms with E-state index in [2.05, 4.69) is 30.0 Å². The molecule has 2 N–H and O–H groups in total. The van der Waals surface area contributed by atoms with Crippen LogP contribution in [0.4, 0.5) is 0 Å². The van der Waals surface area contributed by atoms with E-state index in [1.807, 2.05) is 6.07 Å². The Morgan fingerprint density at radius 1 is 1.32 bits per heavy atom. The maximum absolute atomic E-state index is 12.9. The summed E-state index contributed by atoms with van der Waals surface area (Å²) in [6.07, 6.45) is 3.17. The molecule has 5 heteroatoms. The average Bonchev–Trinajstić information content (AvgIpc) is 2.53. The summed E-state index contributed by atoms with van der Waals surface area (Å²) in [6.45, 7) is 3.81. The lowest BCUT2D eigenvalue weighted by molar-refractivity contribution is -0.132. The Kier molecular flexibility index (Phi) is 6.18. The molecule has 0 saturated carbocycles. The Bertz CT molecular complexity index is 515. The van der Waals surface area contributed by atoms with Crippen LogP contribution in [-0.2, 0) is 11.2 Å². The van der Waals surface area contributed by atoms with E-state index in [0.29, 0.717) is 11.8 Å². The van der Waals surface area contributed by atoms with E-state index >= 15 is 0 Å². The van der Waals surface area contributed by atoms with Crippen molar-refractivity contribution in [3.63, 3.8) is 0 Å². The van der Waals surface area contributed by atoms with Gasteiger partial charge in [-0.25, -0.2) is 0 Å². The van der Waals surface area contributed by atoms with Gasteiger partial charge in [-0.1, -0.05) is 24.3 Å². The summed E-state index contributed by atoms with van der Waals surface area (Å²) < 4.78 is 0. The zero-order valence-corrected chi connectivity index (χ0v) is 14.7. The van der Waals surface area contributed by atoms with E-state index in [0.717, 1.165) is 38.1 Å². The lowest BCUT2D eigenvalue weighted by atomic mass is 9.90. The van der Waals surface area contributed by atoms with Gasteiger partial charge in [0.05, 0.1) is 0 Å². The molecule has 1 saturated heterocycles. The highest BCUT2D eigenvalue weighted by atomic mass is 35.5. The monoisotopic (exact) mass is 340 g/mol. The number of nitrogens with two attached hydrogens (primary N) is 1. The fourth-order valence-electron chi connectivity index (χ4n) is 3.41. The molecule has 1 amide bonds. The molecular formula is C17H25ClN2OS. The van der Waals surface area contributed by atoms with Gasteiger partial charge < -0.3 is 10.6 Å². The number of hydrogen-bond acceptors (Lipinski definition) is 3. The lowest BCUT2D eigenvalue weighted by Crippen LogP contribution is -2.44. The predicted octanol–water partition coefficient (Wildman–Crippen LogP) is 3.02. The number of amides is 1. The van der Waals surface area contributed by atoms with E-state index in [4.69, 9.17) is 5.73 Å². The van der Waals surface area contributed by atoms with Crippen LogP contribution >= 0.6 is 24.2 Å². The molecule has 0 aliphatic carbocycles. The van der Waals surface area contributed by atoms with E-state index in [1.54, 1.807) is 11.8 Å². The Morgan fingerprint density at radius 3 is 2.68 bits per heavy atom. The number of piperidine rings is 1. The van der Waals surface area contributed by atoms with Crippen molar-refractivity contribution in [3.8, 4) is 0 Å². The number of benzene rings is 1. The number of aryl methyl sites for hydroxylation is 1. The van der Waals surface area contributed by atoms with Crippen molar-refractivity contribution >= 4 is 30.1 Å². The Morgan fingerprint density at radius 2 is 2.00 bits per heavy atom. The Hall–Kier alpha value is -0.710. The minimum absolute atomic E-state index is 0. The minimum Gasteiger partial charge on any atom is -0.341 e. The second-order valence-electron chi connectivity index (χ2n) is 6.22. The van der Waals surface area contributed by atoms with Gasteiger partial charge in [-0.05, 0) is 49.0 Å². The summed E-state index contributed by atoms with van der Waals surface area (Å²) in [7, 11) is 0. The van der Waals surface area contributed by atoms with Crippen LogP contribution in [0.15, 0.2) is 24.3 Å². The summed E-state index contributed by atoms with van der Waals surface area (Å²) >= 11 is 1.80. The summed E-state index contributed by atoms with van der Waals surface area (Å²) in [6, 6.07) is 8.65. The van der Waals surface area contributed by atoms with Gasteiger partial charge in [0, 0.05) is 19.1 Å². The number of fused-ring (bicyclic) bond motifs is 1. The molecule has 3 nitrogen and oxygen atoms in total. The molecule has 2 atom stereocenters. The van der Waals surface area contributed by atoms with Crippen LogP contribution in [0.3, 0.4) is 0 Å². The summed E-state index contributed by atoms with van der Waals surface area (Å²) in [5.74, 6) is 1.92. The lowest BCUT2D eigenvalue weighted by Gasteiger charge is -2.36. The number of carbonyl (C=O) groups is 1. The first-order valence-corrected chi connectivity index (χ1v) is 8.95. The highest BCUT2D eigenvalue weighted by Gasteiger charge is 2.32. The first kappa shape index (κ1) is 17.6.